The summed E-state index contributed by atoms with van der Waals surface area (Å²) in [6.45, 7) is 2.80. The molecule has 0 bridgehead atoms. The molecule has 7 nitrogen and oxygen atoms in total. The lowest BCUT2D eigenvalue weighted by molar-refractivity contribution is -0.155. The Morgan fingerprint density at radius 2 is 2.00 bits per heavy atom. The van der Waals surface area contributed by atoms with Crippen LogP contribution in [0.3, 0.4) is 0 Å². The van der Waals surface area contributed by atoms with E-state index < -0.39 is 16.8 Å². The van der Waals surface area contributed by atoms with E-state index in [0.717, 1.165) is 31.8 Å². The number of piperidine rings is 1. The van der Waals surface area contributed by atoms with Crippen LogP contribution in [0.15, 0.2) is 12.4 Å². The van der Waals surface area contributed by atoms with Gasteiger partial charge in [0.25, 0.3) is 0 Å². The molecule has 0 N–H and O–H groups in total. The van der Waals surface area contributed by atoms with Gasteiger partial charge in [0.15, 0.2) is 5.82 Å². The molecule has 3 heterocycles. The third-order valence-corrected chi connectivity index (χ3v) is 5.34. The first kappa shape index (κ1) is 16.2. The van der Waals surface area contributed by atoms with Gasteiger partial charge in [-0.25, -0.2) is 14.4 Å². The Balaban J connectivity index is 1.50. The van der Waals surface area contributed by atoms with Crippen molar-refractivity contribution in [3.63, 3.8) is 0 Å². The van der Waals surface area contributed by atoms with Crippen LogP contribution < -0.4 is 4.90 Å². The lowest BCUT2D eigenvalue weighted by Gasteiger charge is -2.48. The number of aromatic nitrogens is 2. The fraction of sp³-hybridized carbons (Fsp3) is 0.647. The molecule has 1 amide bonds. The quantitative estimate of drug-likeness (QED) is 0.799. The molecule has 1 aliphatic carbocycles. The molecule has 2 aliphatic heterocycles. The van der Waals surface area contributed by atoms with Gasteiger partial charge in [-0.15, -0.1) is 0 Å². The Hall–Kier alpha value is -2.27. The Bertz CT molecular complexity index is 711. The highest BCUT2D eigenvalue weighted by molar-refractivity contribution is 5.88. The molecule has 25 heavy (non-hydrogen) atoms. The van der Waals surface area contributed by atoms with Crippen LogP contribution >= 0.6 is 0 Å². The number of anilines is 1. The van der Waals surface area contributed by atoms with E-state index in [2.05, 4.69) is 16.0 Å². The number of hydrogen-bond donors (Lipinski definition) is 0. The fourth-order valence-corrected chi connectivity index (χ4v) is 3.80. The highest BCUT2D eigenvalue weighted by Crippen LogP contribution is 2.47. The predicted molar refractivity (Wildman–Crippen MR) is 86.0 cm³/mol. The first-order valence-corrected chi connectivity index (χ1v) is 8.63. The van der Waals surface area contributed by atoms with Crippen LogP contribution in [-0.2, 0) is 9.53 Å². The maximum Gasteiger partial charge on any atom is 0.243 e. The molecule has 1 saturated carbocycles. The van der Waals surface area contributed by atoms with Crippen LogP contribution in [0.25, 0.3) is 0 Å². The molecule has 4 rings (SSSR count). The molecule has 1 aromatic heterocycles. The zero-order valence-electron chi connectivity index (χ0n) is 13.9. The van der Waals surface area contributed by atoms with Crippen molar-refractivity contribution in [3.8, 4) is 6.07 Å². The number of nitriles is 1. The molecule has 0 unspecified atom stereocenters. The second-order valence-electron chi connectivity index (χ2n) is 7.18. The van der Waals surface area contributed by atoms with Gasteiger partial charge in [0.2, 0.25) is 11.9 Å². The summed E-state index contributed by atoms with van der Waals surface area (Å²) in [7, 11) is 0. The fourth-order valence-electron chi connectivity index (χ4n) is 3.80. The van der Waals surface area contributed by atoms with Crippen molar-refractivity contribution < 1.29 is 13.9 Å². The second kappa shape index (κ2) is 5.92. The lowest BCUT2D eigenvalue weighted by atomic mass is 9.90. The molecule has 1 atom stereocenters. The van der Waals surface area contributed by atoms with Gasteiger partial charge >= 0.3 is 0 Å². The molecule has 0 radical (unpaired) electrons. The van der Waals surface area contributed by atoms with Crippen molar-refractivity contribution >= 4 is 11.9 Å². The summed E-state index contributed by atoms with van der Waals surface area (Å²) in [4.78, 5) is 24.6. The van der Waals surface area contributed by atoms with Gasteiger partial charge in [-0.3, -0.25) is 4.79 Å². The predicted octanol–water partition coefficient (Wildman–Crippen LogP) is 1.12. The molecule has 3 aliphatic rings. The molecule has 1 spiro atoms. The first-order valence-electron chi connectivity index (χ1n) is 8.63. The summed E-state index contributed by atoms with van der Waals surface area (Å²) < 4.78 is 19.1. The smallest absolute Gasteiger partial charge is 0.243 e. The number of morpholine rings is 1. The van der Waals surface area contributed by atoms with Crippen molar-refractivity contribution in [2.75, 3.05) is 37.7 Å². The van der Waals surface area contributed by atoms with Gasteiger partial charge in [0.1, 0.15) is 11.0 Å². The van der Waals surface area contributed by atoms with E-state index in [1.54, 1.807) is 4.90 Å². The molecular formula is C17H20FN5O2. The Morgan fingerprint density at radius 1 is 1.24 bits per heavy atom. The second-order valence-corrected chi connectivity index (χ2v) is 7.18. The van der Waals surface area contributed by atoms with E-state index in [4.69, 9.17) is 4.74 Å². The average Bonchev–Trinajstić information content (AvgIpc) is 3.43. The molecule has 2 saturated heterocycles. The van der Waals surface area contributed by atoms with Crippen LogP contribution in [0.1, 0.15) is 25.7 Å². The van der Waals surface area contributed by atoms with Gasteiger partial charge in [0.05, 0.1) is 38.2 Å². The summed E-state index contributed by atoms with van der Waals surface area (Å²) in [5, 5.41) is 9.29. The minimum absolute atomic E-state index is 0.0622. The van der Waals surface area contributed by atoms with Crippen molar-refractivity contribution in [3.05, 3.63) is 18.2 Å². The minimum atomic E-state index is -0.799. The zero-order valence-corrected chi connectivity index (χ0v) is 13.9. The molecular weight excluding hydrogens is 325 g/mol. The summed E-state index contributed by atoms with van der Waals surface area (Å²) in [5.74, 6) is -0.0524. The van der Waals surface area contributed by atoms with Gasteiger partial charge in [0, 0.05) is 13.1 Å². The maximum atomic E-state index is 13.1. The average molecular weight is 345 g/mol. The zero-order chi connectivity index (χ0) is 17.5. The number of halogens is 1. The number of ether oxygens (including phenoxy) is 1. The monoisotopic (exact) mass is 345 g/mol. The van der Waals surface area contributed by atoms with Crippen LogP contribution in [0.4, 0.5) is 10.3 Å². The lowest BCUT2D eigenvalue weighted by Crippen LogP contribution is -2.61. The number of hydrogen-bond acceptors (Lipinski definition) is 6. The first-order chi connectivity index (χ1) is 12.1. The van der Waals surface area contributed by atoms with E-state index in [1.165, 1.54) is 0 Å². The van der Waals surface area contributed by atoms with Gasteiger partial charge < -0.3 is 14.5 Å². The van der Waals surface area contributed by atoms with Crippen molar-refractivity contribution in [1.29, 1.82) is 5.26 Å². The standard InChI is InChI=1S/C17H20FN5O2/c18-13-8-20-15(21-9-13)23-5-1-2-17(12-23)11-22(6-7-25-17)14(24)16(10-19)3-4-16/h8-9H,1-7,11-12H2/t17-/m1/s1. The van der Waals surface area contributed by atoms with E-state index >= 15 is 0 Å². The summed E-state index contributed by atoms with van der Waals surface area (Å²) in [5.41, 5.74) is -1.28. The summed E-state index contributed by atoms with van der Waals surface area (Å²) in [6, 6.07) is 2.18. The third kappa shape index (κ3) is 2.93. The maximum absolute atomic E-state index is 13.1. The van der Waals surface area contributed by atoms with E-state index in [0.29, 0.717) is 45.0 Å². The topological polar surface area (TPSA) is 82.4 Å². The number of nitrogens with zero attached hydrogens (tertiary/aromatic N) is 5. The summed E-state index contributed by atoms with van der Waals surface area (Å²) >= 11 is 0. The van der Waals surface area contributed by atoms with Gasteiger partial charge in [-0.05, 0) is 25.7 Å². The van der Waals surface area contributed by atoms with Crippen molar-refractivity contribution in [1.82, 2.24) is 14.9 Å². The SMILES string of the molecule is N#CC1(C(=O)N2CCO[C@]3(CCCN(c4ncc(F)cn4)C3)C2)CC1. The molecule has 132 valence electrons. The number of carbonyl (C=O) groups is 1. The summed E-state index contributed by atoms with van der Waals surface area (Å²) in [6.07, 6.45) is 5.35. The number of rotatable bonds is 2. The van der Waals surface area contributed by atoms with E-state index in [9.17, 15) is 14.4 Å². The Morgan fingerprint density at radius 3 is 2.68 bits per heavy atom. The molecule has 1 aromatic rings. The van der Waals surface area contributed by atoms with Gasteiger partial charge in [-0.1, -0.05) is 0 Å². The number of carbonyl (C=O) groups excluding carboxylic acids is 1. The minimum Gasteiger partial charge on any atom is -0.369 e. The Kier molecular flexibility index (Phi) is 3.84. The van der Waals surface area contributed by atoms with Gasteiger partial charge in [-0.2, -0.15) is 5.26 Å². The van der Waals surface area contributed by atoms with E-state index in [1.807, 2.05) is 4.90 Å². The molecule has 8 heteroatoms. The highest BCUT2D eigenvalue weighted by Gasteiger charge is 2.54. The van der Waals surface area contributed by atoms with E-state index in [-0.39, 0.29) is 5.91 Å². The third-order valence-electron chi connectivity index (χ3n) is 5.34. The van der Waals surface area contributed by atoms with Crippen LogP contribution in [0, 0.1) is 22.6 Å². The molecule has 3 fully saturated rings. The number of amides is 1. The van der Waals surface area contributed by atoms with Crippen molar-refractivity contribution in [2.24, 2.45) is 5.41 Å². The Labute approximate surface area is 145 Å². The van der Waals surface area contributed by atoms with Crippen LogP contribution in [-0.4, -0.2) is 59.2 Å². The normalized spacial score (nSPS) is 27.8. The highest BCUT2D eigenvalue weighted by atomic mass is 19.1. The van der Waals surface area contributed by atoms with Crippen molar-refractivity contribution in [2.45, 2.75) is 31.3 Å². The molecule has 0 aromatic carbocycles. The largest absolute Gasteiger partial charge is 0.369 e. The van der Waals surface area contributed by atoms with Crippen LogP contribution in [0.5, 0.6) is 0 Å². The van der Waals surface area contributed by atoms with Crippen LogP contribution in [0.2, 0.25) is 0 Å².